The van der Waals surface area contributed by atoms with Crippen LogP contribution in [0.4, 0.5) is 0 Å². The van der Waals surface area contributed by atoms with Crippen LogP contribution in [0.1, 0.15) is 27.6 Å². The largest absolute Gasteiger partial charge is 0.496 e. The fourth-order valence-electron chi connectivity index (χ4n) is 2.50. The third-order valence-corrected chi connectivity index (χ3v) is 3.79. The molecule has 0 saturated heterocycles. The predicted molar refractivity (Wildman–Crippen MR) is 90.8 cm³/mol. The van der Waals surface area contributed by atoms with Crippen LogP contribution in [0.2, 0.25) is 0 Å². The summed E-state index contributed by atoms with van der Waals surface area (Å²) in [6, 6.07) is 11.8. The fourth-order valence-corrected chi connectivity index (χ4v) is 2.50. The van der Waals surface area contributed by atoms with Crippen molar-refractivity contribution in [2.75, 3.05) is 13.7 Å². The highest BCUT2D eigenvalue weighted by atomic mass is 16.5. The minimum atomic E-state index is -0.587. The number of methoxy groups -OCH3 is 1. The first-order valence-electron chi connectivity index (χ1n) is 7.80. The molecule has 0 bridgehead atoms. The summed E-state index contributed by atoms with van der Waals surface area (Å²) in [6.07, 6.45) is 0. The molecule has 7 heteroatoms. The maximum absolute atomic E-state index is 12.2. The monoisotopic (exact) mass is 339 g/mol. The van der Waals surface area contributed by atoms with Crippen LogP contribution in [0.25, 0.3) is 11.0 Å². The van der Waals surface area contributed by atoms with Crippen LogP contribution in [-0.2, 0) is 11.3 Å². The van der Waals surface area contributed by atoms with Crippen LogP contribution in [0, 0.1) is 0 Å². The lowest BCUT2D eigenvalue weighted by molar-refractivity contribution is 0.0474. The molecule has 2 aromatic carbocycles. The van der Waals surface area contributed by atoms with E-state index in [1.54, 1.807) is 47.1 Å². The Morgan fingerprint density at radius 2 is 1.96 bits per heavy atom. The molecule has 128 valence electrons. The van der Waals surface area contributed by atoms with Crippen LogP contribution in [-0.4, -0.2) is 40.5 Å². The Morgan fingerprint density at radius 3 is 2.72 bits per heavy atom. The van der Waals surface area contributed by atoms with Gasteiger partial charge in [0.1, 0.15) is 11.3 Å². The lowest BCUT2D eigenvalue weighted by atomic mass is 10.1. The number of carbonyl (C=O) groups is 2. The molecule has 0 radical (unpaired) electrons. The van der Waals surface area contributed by atoms with Crippen LogP contribution in [0.5, 0.6) is 5.75 Å². The summed E-state index contributed by atoms with van der Waals surface area (Å²) in [7, 11) is 1.48. The van der Waals surface area contributed by atoms with E-state index >= 15 is 0 Å². The van der Waals surface area contributed by atoms with E-state index in [1.165, 1.54) is 7.11 Å². The minimum Gasteiger partial charge on any atom is -0.496 e. The van der Waals surface area contributed by atoms with Gasteiger partial charge in [-0.05, 0) is 37.3 Å². The summed E-state index contributed by atoms with van der Waals surface area (Å²) >= 11 is 0. The SMILES string of the molecule is CCn1nnc2cc(C(=O)OCC(=O)c3ccccc3OC)ccc21. The van der Waals surface area contributed by atoms with Gasteiger partial charge < -0.3 is 9.47 Å². The number of para-hydroxylation sites is 1. The summed E-state index contributed by atoms with van der Waals surface area (Å²) in [5.41, 5.74) is 2.14. The smallest absolute Gasteiger partial charge is 0.338 e. The standard InChI is InChI=1S/C18H17N3O4/c1-3-21-15-9-8-12(10-14(15)19-20-21)18(23)25-11-16(22)13-6-4-5-7-17(13)24-2/h4-10H,3,11H2,1-2H3. The molecule has 0 spiro atoms. The van der Waals surface area contributed by atoms with Gasteiger partial charge in [0, 0.05) is 6.54 Å². The van der Waals surface area contributed by atoms with E-state index in [0.717, 1.165) is 5.52 Å². The lowest BCUT2D eigenvalue weighted by Crippen LogP contribution is -2.15. The maximum Gasteiger partial charge on any atom is 0.338 e. The van der Waals surface area contributed by atoms with Crippen LogP contribution in [0.15, 0.2) is 42.5 Å². The Balaban J connectivity index is 1.71. The van der Waals surface area contributed by atoms with E-state index in [4.69, 9.17) is 9.47 Å². The number of aryl methyl sites for hydroxylation is 1. The summed E-state index contributed by atoms with van der Waals surface area (Å²) in [5, 5.41) is 8.01. The summed E-state index contributed by atoms with van der Waals surface area (Å²) in [5.74, 6) is -0.471. The molecule has 0 atom stereocenters. The second kappa shape index (κ2) is 7.12. The number of rotatable bonds is 6. The number of benzene rings is 2. The van der Waals surface area contributed by atoms with Crippen LogP contribution < -0.4 is 4.74 Å². The zero-order valence-corrected chi connectivity index (χ0v) is 13.9. The van der Waals surface area contributed by atoms with Gasteiger partial charge in [-0.1, -0.05) is 17.3 Å². The molecule has 25 heavy (non-hydrogen) atoms. The van der Waals surface area contributed by atoms with E-state index in [-0.39, 0.29) is 12.4 Å². The molecule has 1 aromatic heterocycles. The predicted octanol–water partition coefficient (Wildman–Crippen LogP) is 2.50. The van der Waals surface area contributed by atoms with Crippen molar-refractivity contribution in [2.45, 2.75) is 13.5 Å². The molecule has 3 aromatic rings. The fraction of sp³-hybridized carbons (Fsp3) is 0.222. The van der Waals surface area contributed by atoms with E-state index in [1.807, 2.05) is 6.92 Å². The normalized spacial score (nSPS) is 10.6. The van der Waals surface area contributed by atoms with Crippen molar-refractivity contribution in [1.82, 2.24) is 15.0 Å². The number of fused-ring (bicyclic) bond motifs is 1. The van der Waals surface area contributed by atoms with Crippen molar-refractivity contribution in [3.63, 3.8) is 0 Å². The zero-order chi connectivity index (χ0) is 17.8. The molecule has 0 amide bonds. The highest BCUT2D eigenvalue weighted by Gasteiger charge is 2.16. The first kappa shape index (κ1) is 16.6. The molecule has 7 nitrogen and oxygen atoms in total. The third-order valence-electron chi connectivity index (χ3n) is 3.79. The molecule has 0 N–H and O–H groups in total. The highest BCUT2D eigenvalue weighted by Crippen LogP contribution is 2.18. The van der Waals surface area contributed by atoms with E-state index < -0.39 is 5.97 Å². The number of ketones is 1. The van der Waals surface area contributed by atoms with Gasteiger partial charge in [-0.15, -0.1) is 5.10 Å². The van der Waals surface area contributed by atoms with Gasteiger partial charge >= 0.3 is 5.97 Å². The Hall–Kier alpha value is -3.22. The third kappa shape index (κ3) is 3.35. The average molecular weight is 339 g/mol. The molecule has 0 aliphatic carbocycles. The number of Topliss-reactive ketones (excluding diaryl/α,β-unsaturated/α-hetero) is 1. The number of esters is 1. The highest BCUT2D eigenvalue weighted by molar-refractivity contribution is 6.01. The van der Waals surface area contributed by atoms with Gasteiger partial charge in [-0.2, -0.15) is 0 Å². The van der Waals surface area contributed by atoms with E-state index in [2.05, 4.69) is 10.3 Å². The van der Waals surface area contributed by atoms with Crippen LogP contribution >= 0.6 is 0 Å². The van der Waals surface area contributed by atoms with E-state index in [0.29, 0.717) is 28.9 Å². The van der Waals surface area contributed by atoms with Gasteiger partial charge in [-0.25, -0.2) is 9.48 Å². The lowest BCUT2D eigenvalue weighted by Gasteiger charge is -2.08. The van der Waals surface area contributed by atoms with Gasteiger partial charge in [0.15, 0.2) is 6.61 Å². The second-order valence-corrected chi connectivity index (χ2v) is 5.31. The minimum absolute atomic E-state index is 0.323. The molecule has 0 fully saturated rings. The molecule has 3 rings (SSSR count). The maximum atomic E-state index is 12.2. The molecule has 0 aliphatic rings. The Morgan fingerprint density at radius 1 is 1.16 bits per heavy atom. The summed E-state index contributed by atoms with van der Waals surface area (Å²) < 4.78 is 12.0. The Labute approximate surface area is 144 Å². The summed E-state index contributed by atoms with van der Waals surface area (Å²) in [6.45, 7) is 2.28. The Bertz CT molecular complexity index is 933. The molecule has 0 aliphatic heterocycles. The van der Waals surface area contributed by atoms with Crippen molar-refractivity contribution in [2.24, 2.45) is 0 Å². The van der Waals surface area contributed by atoms with Crippen molar-refractivity contribution in [3.8, 4) is 5.75 Å². The zero-order valence-electron chi connectivity index (χ0n) is 13.9. The number of carbonyl (C=O) groups excluding carboxylic acids is 2. The Kier molecular flexibility index (Phi) is 4.74. The first-order valence-corrected chi connectivity index (χ1v) is 7.80. The van der Waals surface area contributed by atoms with Crippen molar-refractivity contribution in [1.29, 1.82) is 0 Å². The van der Waals surface area contributed by atoms with Gasteiger partial charge in [0.2, 0.25) is 5.78 Å². The van der Waals surface area contributed by atoms with Crippen molar-refractivity contribution >= 4 is 22.8 Å². The average Bonchev–Trinajstić information content (AvgIpc) is 3.08. The number of ether oxygens (including phenoxy) is 2. The molecular formula is C18H17N3O4. The molecular weight excluding hydrogens is 322 g/mol. The van der Waals surface area contributed by atoms with Gasteiger partial charge in [0.25, 0.3) is 0 Å². The quantitative estimate of drug-likeness (QED) is 0.507. The van der Waals surface area contributed by atoms with E-state index in [9.17, 15) is 9.59 Å². The number of nitrogens with zero attached hydrogens (tertiary/aromatic N) is 3. The number of hydrogen-bond donors (Lipinski definition) is 0. The van der Waals surface area contributed by atoms with Gasteiger partial charge in [-0.3, -0.25) is 4.79 Å². The topological polar surface area (TPSA) is 83.3 Å². The number of hydrogen-bond acceptors (Lipinski definition) is 6. The van der Waals surface area contributed by atoms with Crippen molar-refractivity contribution in [3.05, 3.63) is 53.6 Å². The molecule has 0 saturated carbocycles. The molecule has 0 unspecified atom stereocenters. The second-order valence-electron chi connectivity index (χ2n) is 5.31. The summed E-state index contributed by atoms with van der Waals surface area (Å²) in [4.78, 5) is 24.4. The first-order chi connectivity index (χ1) is 12.1. The van der Waals surface area contributed by atoms with Crippen LogP contribution in [0.3, 0.4) is 0 Å². The molecule has 1 heterocycles. The van der Waals surface area contributed by atoms with Gasteiger partial charge in [0.05, 0.1) is 23.8 Å². The number of aromatic nitrogens is 3. The van der Waals surface area contributed by atoms with Crippen molar-refractivity contribution < 1.29 is 19.1 Å².